The second kappa shape index (κ2) is 5.11. The lowest BCUT2D eigenvalue weighted by Crippen LogP contribution is -2.25. The topological polar surface area (TPSA) is 83.8 Å². The van der Waals surface area contributed by atoms with Crippen LogP contribution in [0.25, 0.3) is 0 Å². The average molecular weight is 194 g/mol. The molecule has 0 aromatic rings. The van der Waals surface area contributed by atoms with Crippen molar-refractivity contribution in [3.05, 3.63) is 0 Å². The van der Waals surface area contributed by atoms with Gasteiger partial charge in [-0.15, -0.1) is 6.42 Å². The normalized spacial score (nSPS) is 13.8. The van der Waals surface area contributed by atoms with Crippen LogP contribution in [0.5, 0.6) is 0 Å². The minimum atomic E-state index is -4.14. The first-order valence-electron chi connectivity index (χ1n) is 3.10. The number of aliphatic hydroxyl groups is 1. The Bertz CT molecular complexity index is 250. The van der Waals surface area contributed by atoms with E-state index in [-0.39, 0.29) is 13.2 Å². The molecule has 0 fully saturated rings. The molecule has 0 aromatic heterocycles. The number of rotatable bonds is 5. The van der Waals surface area contributed by atoms with Crippen molar-refractivity contribution in [2.75, 3.05) is 19.0 Å². The van der Waals surface area contributed by atoms with E-state index < -0.39 is 22.0 Å². The van der Waals surface area contributed by atoms with Gasteiger partial charge in [0.05, 0.1) is 12.7 Å². The first-order chi connectivity index (χ1) is 5.45. The third kappa shape index (κ3) is 7.50. The fourth-order valence-corrected chi connectivity index (χ4v) is 1.13. The summed E-state index contributed by atoms with van der Waals surface area (Å²) in [5.74, 6) is 1.40. The van der Waals surface area contributed by atoms with Crippen molar-refractivity contribution < 1.29 is 22.8 Å². The minimum Gasteiger partial charge on any atom is -0.390 e. The molecule has 5 nitrogen and oxygen atoms in total. The Balaban J connectivity index is 3.62. The molecule has 0 aromatic carbocycles. The predicted molar refractivity (Wildman–Crippen MR) is 42.1 cm³/mol. The summed E-state index contributed by atoms with van der Waals surface area (Å²) in [5.41, 5.74) is 0. The highest BCUT2D eigenvalue weighted by molar-refractivity contribution is 7.85. The van der Waals surface area contributed by atoms with Crippen LogP contribution < -0.4 is 0 Å². The smallest absolute Gasteiger partial charge is 0.267 e. The molecule has 0 saturated heterocycles. The van der Waals surface area contributed by atoms with Gasteiger partial charge in [0.1, 0.15) is 12.4 Å². The highest BCUT2D eigenvalue weighted by atomic mass is 32.2. The van der Waals surface area contributed by atoms with Crippen LogP contribution in [-0.4, -0.2) is 43.1 Å². The molecule has 0 rings (SSSR count). The monoisotopic (exact) mass is 194 g/mol. The number of terminal acetylenes is 1. The number of hydrogen-bond acceptors (Lipinski definition) is 4. The molecule has 2 N–H and O–H groups in total. The van der Waals surface area contributed by atoms with Crippen LogP contribution in [0.2, 0.25) is 0 Å². The van der Waals surface area contributed by atoms with Crippen LogP contribution >= 0.6 is 0 Å². The molecule has 6 heteroatoms. The average Bonchev–Trinajstić information content (AvgIpc) is 1.84. The van der Waals surface area contributed by atoms with Crippen LogP contribution in [0.1, 0.15) is 0 Å². The van der Waals surface area contributed by atoms with Gasteiger partial charge in [-0.1, -0.05) is 5.92 Å². The molecular formula is C6H10O5S. The zero-order valence-electron chi connectivity index (χ0n) is 6.30. The summed E-state index contributed by atoms with van der Waals surface area (Å²) in [6.45, 7) is -0.202. The number of hydrogen-bond donors (Lipinski definition) is 2. The highest BCUT2D eigenvalue weighted by Gasteiger charge is 2.13. The van der Waals surface area contributed by atoms with E-state index >= 15 is 0 Å². The predicted octanol–water partition coefficient (Wildman–Crippen LogP) is -1.12. The van der Waals surface area contributed by atoms with E-state index in [1.807, 2.05) is 0 Å². The van der Waals surface area contributed by atoms with Crippen LogP contribution in [0.15, 0.2) is 0 Å². The van der Waals surface area contributed by atoms with Crippen LogP contribution in [0.4, 0.5) is 0 Å². The summed E-state index contributed by atoms with van der Waals surface area (Å²) in [7, 11) is -4.14. The third-order valence-electron chi connectivity index (χ3n) is 0.899. The largest absolute Gasteiger partial charge is 0.390 e. The fraction of sp³-hybridized carbons (Fsp3) is 0.667. The van der Waals surface area contributed by atoms with Gasteiger partial charge in [0.25, 0.3) is 10.1 Å². The summed E-state index contributed by atoms with van der Waals surface area (Å²) in [6.07, 6.45) is 3.58. The van der Waals surface area contributed by atoms with Gasteiger partial charge in [-0.2, -0.15) is 8.42 Å². The second-order valence-corrected chi connectivity index (χ2v) is 3.62. The van der Waals surface area contributed by atoms with Crippen LogP contribution in [0, 0.1) is 12.3 Å². The maximum absolute atomic E-state index is 10.2. The summed E-state index contributed by atoms with van der Waals surface area (Å²) in [6, 6.07) is 0. The maximum atomic E-state index is 10.2. The lowest BCUT2D eigenvalue weighted by molar-refractivity contribution is 0.0630. The minimum absolute atomic E-state index is 0.00252. The van der Waals surface area contributed by atoms with Crippen LogP contribution in [-0.2, 0) is 14.9 Å². The van der Waals surface area contributed by atoms with Gasteiger partial charge in [-0.05, 0) is 0 Å². The van der Waals surface area contributed by atoms with Crippen molar-refractivity contribution in [2.24, 2.45) is 0 Å². The summed E-state index contributed by atoms with van der Waals surface area (Å²) in [4.78, 5) is 0. The van der Waals surface area contributed by atoms with Crippen LogP contribution in [0.3, 0.4) is 0 Å². The number of aliphatic hydroxyl groups excluding tert-OH is 1. The standard InChI is InChI=1S/C6H10O5S/c1-2-3-11-4-6(7)5-12(8,9)10/h1,6-7H,3-5H2,(H,8,9,10)/t6-/m1/s1. The summed E-state index contributed by atoms with van der Waals surface area (Å²) in [5, 5.41) is 8.88. The molecule has 0 aliphatic carbocycles. The first kappa shape index (κ1) is 11.4. The lowest BCUT2D eigenvalue weighted by atomic mass is 10.4. The Morgan fingerprint density at radius 2 is 2.17 bits per heavy atom. The van der Waals surface area contributed by atoms with Gasteiger partial charge < -0.3 is 9.84 Å². The van der Waals surface area contributed by atoms with E-state index in [9.17, 15) is 8.42 Å². The lowest BCUT2D eigenvalue weighted by Gasteiger charge is -2.06. The van der Waals surface area contributed by atoms with Crippen molar-refractivity contribution in [1.29, 1.82) is 0 Å². The maximum Gasteiger partial charge on any atom is 0.267 e. The van der Waals surface area contributed by atoms with E-state index in [0.29, 0.717) is 0 Å². The molecule has 0 spiro atoms. The zero-order valence-corrected chi connectivity index (χ0v) is 7.12. The zero-order chi connectivity index (χ0) is 9.61. The molecule has 12 heavy (non-hydrogen) atoms. The van der Waals surface area contributed by atoms with E-state index in [1.54, 1.807) is 0 Å². The van der Waals surface area contributed by atoms with Gasteiger partial charge in [0.2, 0.25) is 0 Å². The molecule has 0 amide bonds. The fourth-order valence-electron chi connectivity index (χ4n) is 0.545. The van der Waals surface area contributed by atoms with Crippen molar-refractivity contribution >= 4 is 10.1 Å². The van der Waals surface area contributed by atoms with Gasteiger partial charge in [-0.25, -0.2) is 0 Å². The Hall–Kier alpha value is -0.610. The van der Waals surface area contributed by atoms with E-state index in [4.69, 9.17) is 16.1 Å². The van der Waals surface area contributed by atoms with Crippen molar-refractivity contribution in [3.8, 4) is 12.3 Å². The van der Waals surface area contributed by atoms with Gasteiger partial charge in [0, 0.05) is 0 Å². The summed E-state index contributed by atoms with van der Waals surface area (Å²) < 4.78 is 33.2. The van der Waals surface area contributed by atoms with E-state index in [0.717, 1.165) is 0 Å². The molecule has 0 aliphatic rings. The molecule has 0 bridgehead atoms. The molecule has 0 saturated carbocycles. The molecule has 0 heterocycles. The molecule has 70 valence electrons. The molecule has 1 atom stereocenters. The van der Waals surface area contributed by atoms with Crippen molar-refractivity contribution in [1.82, 2.24) is 0 Å². The van der Waals surface area contributed by atoms with Gasteiger partial charge >= 0.3 is 0 Å². The van der Waals surface area contributed by atoms with E-state index in [2.05, 4.69) is 10.7 Å². The Morgan fingerprint density at radius 3 is 2.58 bits per heavy atom. The van der Waals surface area contributed by atoms with Gasteiger partial charge in [-0.3, -0.25) is 4.55 Å². The highest BCUT2D eigenvalue weighted by Crippen LogP contribution is 1.91. The molecular weight excluding hydrogens is 184 g/mol. The SMILES string of the molecule is C#CCOC[C@@H](O)CS(=O)(=O)O. The van der Waals surface area contributed by atoms with Gasteiger partial charge in [0.15, 0.2) is 0 Å². The third-order valence-corrected chi connectivity index (χ3v) is 1.70. The van der Waals surface area contributed by atoms with Crippen molar-refractivity contribution in [2.45, 2.75) is 6.10 Å². The molecule has 0 aliphatic heterocycles. The first-order valence-corrected chi connectivity index (χ1v) is 4.71. The van der Waals surface area contributed by atoms with Crippen molar-refractivity contribution in [3.63, 3.8) is 0 Å². The second-order valence-electron chi connectivity index (χ2n) is 2.12. The number of ether oxygens (including phenoxy) is 1. The molecule has 0 unspecified atom stereocenters. The Labute approximate surface area is 71.1 Å². The molecule has 0 radical (unpaired) electrons. The Kier molecular flexibility index (Phi) is 4.85. The quantitative estimate of drug-likeness (QED) is 0.329. The van der Waals surface area contributed by atoms with E-state index in [1.165, 1.54) is 0 Å². The summed E-state index contributed by atoms with van der Waals surface area (Å²) >= 11 is 0. The Morgan fingerprint density at radius 1 is 1.58 bits per heavy atom.